The van der Waals surface area contributed by atoms with Crippen LogP contribution >= 0.6 is 0 Å². The molecule has 0 unspecified atom stereocenters. The molecule has 9 nitrogen and oxygen atoms in total. The second-order valence-electron chi connectivity index (χ2n) is 10.3. The third-order valence-corrected chi connectivity index (χ3v) is 7.24. The fourth-order valence-corrected chi connectivity index (χ4v) is 5.00. The number of anilines is 1. The van der Waals surface area contributed by atoms with Crippen LogP contribution in [0.1, 0.15) is 58.8 Å². The van der Waals surface area contributed by atoms with Gasteiger partial charge in [-0.2, -0.15) is 0 Å². The van der Waals surface area contributed by atoms with E-state index in [2.05, 4.69) is 0 Å². The summed E-state index contributed by atoms with van der Waals surface area (Å²) in [6.07, 6.45) is 1.96. The van der Waals surface area contributed by atoms with Gasteiger partial charge in [-0.05, 0) is 74.2 Å². The molecule has 0 aromatic heterocycles. The van der Waals surface area contributed by atoms with E-state index in [1.165, 1.54) is 4.90 Å². The fraction of sp³-hybridized carbons (Fsp3) is 0.333. The van der Waals surface area contributed by atoms with Gasteiger partial charge in [-0.25, -0.2) is 0 Å². The second kappa shape index (κ2) is 14.3. The zero-order valence-corrected chi connectivity index (χ0v) is 24.2. The normalized spacial score (nSPS) is 12.6. The Balaban J connectivity index is 1.61. The summed E-state index contributed by atoms with van der Waals surface area (Å²) in [6, 6.07) is 20.1. The molecule has 2 amide bonds. The summed E-state index contributed by atoms with van der Waals surface area (Å²) in [4.78, 5) is 42.6. The van der Waals surface area contributed by atoms with E-state index in [1.54, 1.807) is 37.3 Å². The number of nitrogens with two attached hydrogens (primary N) is 1. The predicted octanol–water partition coefficient (Wildman–Crippen LogP) is 4.62. The number of ether oxygens (including phenoxy) is 2. The average Bonchev–Trinajstić information content (AvgIpc) is 3.52. The molecule has 0 radical (unpaired) electrons. The smallest absolute Gasteiger partial charge is 0.307 e. The van der Waals surface area contributed by atoms with Crippen molar-refractivity contribution in [1.29, 1.82) is 5.41 Å². The minimum absolute atomic E-state index is 0.0118. The monoisotopic (exact) mass is 570 g/mol. The van der Waals surface area contributed by atoms with Crippen molar-refractivity contribution in [1.82, 2.24) is 4.90 Å². The summed E-state index contributed by atoms with van der Waals surface area (Å²) in [6.45, 7) is 5.74. The van der Waals surface area contributed by atoms with Crippen molar-refractivity contribution < 1.29 is 23.9 Å². The Labute approximate surface area is 246 Å². The molecule has 3 aromatic rings. The molecule has 1 heterocycles. The zero-order valence-electron chi connectivity index (χ0n) is 24.2. The molecule has 9 heteroatoms. The van der Waals surface area contributed by atoms with Gasteiger partial charge in [-0.3, -0.25) is 19.8 Å². The van der Waals surface area contributed by atoms with Crippen molar-refractivity contribution in [2.45, 2.75) is 46.1 Å². The van der Waals surface area contributed by atoms with Crippen molar-refractivity contribution >= 4 is 29.3 Å². The molecule has 3 N–H and O–H groups in total. The molecule has 0 bridgehead atoms. The van der Waals surface area contributed by atoms with Crippen molar-refractivity contribution in [3.63, 3.8) is 0 Å². The first-order valence-electron chi connectivity index (χ1n) is 14.3. The second-order valence-corrected chi connectivity index (χ2v) is 10.3. The number of esters is 1. The fourth-order valence-electron chi connectivity index (χ4n) is 5.00. The predicted molar refractivity (Wildman–Crippen MR) is 162 cm³/mol. The molecule has 220 valence electrons. The molecule has 0 spiro atoms. The standard InChI is InChI=1S/C33H38N4O5/c1-3-41-31(39)15-18-37(27-12-13-28(23(2)19-27)33(40)36-16-7-8-17-36)30(38)21-26-20-25(32(34)35)11-14-29(26)42-22-24-9-5-4-6-10-24/h4-6,9-14,19-20H,3,7-8,15-18,21-22H2,1-2H3,(H3,34,35). The highest BCUT2D eigenvalue weighted by molar-refractivity contribution is 5.99. The Kier molecular flexibility index (Phi) is 10.3. The summed E-state index contributed by atoms with van der Waals surface area (Å²) in [7, 11) is 0. The van der Waals surface area contributed by atoms with Crippen LogP contribution in [0.3, 0.4) is 0 Å². The molecule has 1 fully saturated rings. The number of aryl methyl sites for hydroxylation is 1. The number of carbonyl (C=O) groups excluding carboxylic acids is 3. The number of nitrogen functional groups attached to an aromatic ring is 1. The van der Waals surface area contributed by atoms with Crippen LogP contribution in [0.15, 0.2) is 66.7 Å². The highest BCUT2D eigenvalue weighted by atomic mass is 16.5. The molecule has 4 rings (SSSR count). The maximum Gasteiger partial charge on any atom is 0.307 e. The first kappa shape index (κ1) is 30.3. The first-order valence-corrected chi connectivity index (χ1v) is 14.3. The Morgan fingerprint density at radius 1 is 1.00 bits per heavy atom. The first-order chi connectivity index (χ1) is 20.3. The van der Waals surface area contributed by atoms with Gasteiger partial charge in [0.05, 0.1) is 19.4 Å². The zero-order chi connectivity index (χ0) is 30.1. The molecular formula is C33H38N4O5. The van der Waals surface area contributed by atoms with Crippen LogP contribution in [0.25, 0.3) is 0 Å². The lowest BCUT2D eigenvalue weighted by atomic mass is 10.0. The van der Waals surface area contributed by atoms with E-state index >= 15 is 0 Å². The van der Waals surface area contributed by atoms with Crippen LogP contribution < -0.4 is 15.4 Å². The minimum atomic E-state index is -0.404. The van der Waals surface area contributed by atoms with E-state index in [0.29, 0.717) is 34.7 Å². The molecule has 42 heavy (non-hydrogen) atoms. The number of rotatable bonds is 12. The number of nitrogens with zero attached hydrogens (tertiary/aromatic N) is 2. The van der Waals surface area contributed by atoms with Gasteiger partial charge in [0.25, 0.3) is 5.91 Å². The topological polar surface area (TPSA) is 126 Å². The van der Waals surface area contributed by atoms with Crippen molar-refractivity contribution in [3.8, 4) is 5.75 Å². The number of hydrogen-bond acceptors (Lipinski definition) is 6. The van der Waals surface area contributed by atoms with Gasteiger partial charge in [0.15, 0.2) is 0 Å². The number of benzene rings is 3. The van der Waals surface area contributed by atoms with E-state index in [9.17, 15) is 14.4 Å². The molecular weight excluding hydrogens is 532 g/mol. The number of amides is 2. The molecule has 0 aliphatic carbocycles. The van der Waals surface area contributed by atoms with Crippen LogP contribution in [0, 0.1) is 12.3 Å². The van der Waals surface area contributed by atoms with Gasteiger partial charge >= 0.3 is 5.97 Å². The number of nitrogens with one attached hydrogen (secondary N) is 1. The third-order valence-electron chi connectivity index (χ3n) is 7.24. The number of carbonyl (C=O) groups is 3. The van der Waals surface area contributed by atoms with Crippen LogP contribution in [-0.4, -0.2) is 54.8 Å². The quantitative estimate of drug-likeness (QED) is 0.186. The van der Waals surface area contributed by atoms with Crippen LogP contribution in [0.2, 0.25) is 0 Å². The largest absolute Gasteiger partial charge is 0.489 e. The number of hydrogen-bond donors (Lipinski definition) is 2. The van der Waals surface area contributed by atoms with Gasteiger partial charge in [0, 0.05) is 42.0 Å². The van der Waals surface area contributed by atoms with Gasteiger partial charge in [-0.15, -0.1) is 0 Å². The van der Waals surface area contributed by atoms with Crippen molar-refractivity contribution in [2.24, 2.45) is 5.73 Å². The van der Waals surface area contributed by atoms with E-state index in [-0.39, 0.29) is 43.6 Å². The van der Waals surface area contributed by atoms with Gasteiger partial charge in [-0.1, -0.05) is 30.3 Å². The van der Waals surface area contributed by atoms with Crippen molar-refractivity contribution in [3.05, 3.63) is 94.5 Å². The van der Waals surface area contributed by atoms with Crippen molar-refractivity contribution in [2.75, 3.05) is 31.1 Å². The summed E-state index contributed by atoms with van der Waals surface area (Å²) >= 11 is 0. The summed E-state index contributed by atoms with van der Waals surface area (Å²) < 4.78 is 11.2. The van der Waals surface area contributed by atoms with Gasteiger partial charge in [0.2, 0.25) is 5.91 Å². The molecule has 0 saturated carbocycles. The third kappa shape index (κ3) is 7.75. The minimum Gasteiger partial charge on any atom is -0.489 e. The lowest BCUT2D eigenvalue weighted by molar-refractivity contribution is -0.142. The highest BCUT2D eigenvalue weighted by Gasteiger charge is 2.24. The van der Waals surface area contributed by atoms with Crippen LogP contribution in [0.4, 0.5) is 5.69 Å². The number of likely N-dealkylation sites (tertiary alicyclic amines) is 1. The maximum atomic E-state index is 13.9. The highest BCUT2D eigenvalue weighted by Crippen LogP contribution is 2.26. The Morgan fingerprint density at radius 3 is 2.40 bits per heavy atom. The molecule has 1 saturated heterocycles. The van der Waals surface area contributed by atoms with Gasteiger partial charge in [0.1, 0.15) is 18.2 Å². The average molecular weight is 571 g/mol. The van der Waals surface area contributed by atoms with E-state index in [0.717, 1.165) is 37.1 Å². The lowest BCUT2D eigenvalue weighted by Crippen LogP contribution is -2.35. The summed E-state index contributed by atoms with van der Waals surface area (Å²) in [5, 5.41) is 7.89. The lowest BCUT2D eigenvalue weighted by Gasteiger charge is -2.25. The van der Waals surface area contributed by atoms with E-state index in [4.69, 9.17) is 20.6 Å². The van der Waals surface area contributed by atoms with E-state index < -0.39 is 5.97 Å². The molecule has 1 aliphatic rings. The SMILES string of the molecule is CCOC(=O)CCN(C(=O)Cc1cc(C(=N)N)ccc1OCc1ccccc1)c1ccc(C(=O)N2CCCC2)c(C)c1. The Bertz CT molecular complexity index is 1430. The Hall–Kier alpha value is -4.66. The number of amidine groups is 1. The molecule has 0 atom stereocenters. The Morgan fingerprint density at radius 2 is 1.74 bits per heavy atom. The molecule has 1 aliphatic heterocycles. The molecule has 3 aromatic carbocycles. The van der Waals surface area contributed by atoms with Crippen LogP contribution in [-0.2, 0) is 27.4 Å². The van der Waals surface area contributed by atoms with E-state index in [1.807, 2.05) is 48.2 Å². The summed E-state index contributed by atoms with van der Waals surface area (Å²) in [5.74, 6) is -0.306. The van der Waals surface area contributed by atoms with Crippen LogP contribution in [0.5, 0.6) is 5.75 Å². The summed E-state index contributed by atoms with van der Waals surface area (Å²) in [5.41, 5.74) is 9.71. The van der Waals surface area contributed by atoms with Gasteiger partial charge < -0.3 is 25.0 Å². The maximum absolute atomic E-state index is 13.9.